The minimum absolute atomic E-state index is 0.0151. The first-order chi connectivity index (χ1) is 12.7. The van der Waals surface area contributed by atoms with Crippen LogP contribution in [0.2, 0.25) is 0 Å². The van der Waals surface area contributed by atoms with Gasteiger partial charge in [-0.05, 0) is 47.2 Å². The molecular weight excluding hydrogens is 356 g/mol. The van der Waals surface area contributed by atoms with Gasteiger partial charge in [0, 0.05) is 31.9 Å². The van der Waals surface area contributed by atoms with Gasteiger partial charge in [0.25, 0.3) is 0 Å². The van der Waals surface area contributed by atoms with Gasteiger partial charge in [-0.3, -0.25) is 0 Å². The third kappa shape index (κ3) is 4.36. The van der Waals surface area contributed by atoms with Crippen molar-refractivity contribution in [1.82, 2.24) is 4.31 Å². The quantitative estimate of drug-likeness (QED) is 0.796. The first-order valence-corrected chi connectivity index (χ1v) is 11.1. The van der Waals surface area contributed by atoms with Crippen LogP contribution < -0.4 is 4.90 Å². The molecule has 0 aliphatic carbocycles. The van der Waals surface area contributed by atoms with Gasteiger partial charge in [0.2, 0.25) is 10.0 Å². The summed E-state index contributed by atoms with van der Waals surface area (Å²) >= 11 is 0. The predicted octanol–water partition coefficient (Wildman–Crippen LogP) is 4.06. The summed E-state index contributed by atoms with van der Waals surface area (Å²) in [5.41, 5.74) is 3.64. The lowest BCUT2D eigenvalue weighted by atomic mass is 9.87. The van der Waals surface area contributed by atoms with E-state index >= 15 is 0 Å². The van der Waals surface area contributed by atoms with E-state index in [1.165, 1.54) is 11.3 Å². The van der Waals surface area contributed by atoms with Crippen LogP contribution in [-0.4, -0.2) is 38.9 Å². The fourth-order valence-electron chi connectivity index (χ4n) is 3.41. The fourth-order valence-corrected chi connectivity index (χ4v) is 4.83. The molecule has 5 heteroatoms. The largest absolute Gasteiger partial charge is 0.369 e. The molecular formula is C22H30N2O2S. The lowest BCUT2D eigenvalue weighted by Crippen LogP contribution is -2.48. The van der Waals surface area contributed by atoms with Crippen LogP contribution in [0.5, 0.6) is 0 Å². The summed E-state index contributed by atoms with van der Waals surface area (Å²) in [7, 11) is -3.43. The SMILES string of the molecule is CCc1ccc(N2CCN(S(=O)(=O)c3ccc(C(C)(C)C)cc3)CC2)cc1. The molecule has 27 heavy (non-hydrogen) atoms. The van der Waals surface area contributed by atoms with E-state index < -0.39 is 10.0 Å². The van der Waals surface area contributed by atoms with Crippen molar-refractivity contribution in [2.45, 2.75) is 44.4 Å². The highest BCUT2D eigenvalue weighted by Crippen LogP contribution is 2.26. The van der Waals surface area contributed by atoms with Crippen LogP contribution in [0.4, 0.5) is 5.69 Å². The van der Waals surface area contributed by atoms with E-state index in [0.717, 1.165) is 12.0 Å². The first-order valence-electron chi connectivity index (χ1n) is 9.66. The smallest absolute Gasteiger partial charge is 0.243 e. The Morgan fingerprint density at radius 2 is 1.41 bits per heavy atom. The summed E-state index contributed by atoms with van der Waals surface area (Å²) in [5.74, 6) is 0. The number of sulfonamides is 1. The standard InChI is InChI=1S/C22H30N2O2S/c1-5-18-6-10-20(11-7-18)23-14-16-24(17-15-23)27(25,26)21-12-8-19(9-13-21)22(2,3)4/h6-13H,5,14-17H2,1-4H3. The van der Waals surface area contributed by atoms with Crippen LogP contribution in [0.25, 0.3) is 0 Å². The van der Waals surface area contributed by atoms with Crippen molar-refractivity contribution < 1.29 is 8.42 Å². The average molecular weight is 387 g/mol. The Morgan fingerprint density at radius 1 is 0.852 bits per heavy atom. The molecule has 0 saturated carbocycles. The lowest BCUT2D eigenvalue weighted by molar-refractivity contribution is 0.385. The summed E-state index contributed by atoms with van der Waals surface area (Å²) in [4.78, 5) is 2.64. The van der Waals surface area contributed by atoms with Gasteiger partial charge in [-0.15, -0.1) is 0 Å². The van der Waals surface area contributed by atoms with Crippen molar-refractivity contribution in [2.24, 2.45) is 0 Å². The molecule has 1 heterocycles. The van der Waals surface area contributed by atoms with E-state index in [1.807, 2.05) is 12.1 Å². The lowest BCUT2D eigenvalue weighted by Gasteiger charge is -2.35. The van der Waals surface area contributed by atoms with Crippen molar-refractivity contribution in [2.75, 3.05) is 31.1 Å². The third-order valence-corrected chi connectivity index (χ3v) is 7.22. The average Bonchev–Trinajstić information content (AvgIpc) is 2.67. The summed E-state index contributed by atoms with van der Waals surface area (Å²) in [6.07, 6.45) is 1.03. The van der Waals surface area contributed by atoms with Gasteiger partial charge in [0.15, 0.2) is 0 Å². The molecule has 3 rings (SSSR count). The molecule has 1 aliphatic heterocycles. The second-order valence-corrected chi connectivity index (χ2v) is 10.1. The number of rotatable bonds is 4. The number of hydrogen-bond acceptors (Lipinski definition) is 3. The Morgan fingerprint density at radius 3 is 1.89 bits per heavy atom. The number of piperazine rings is 1. The first kappa shape index (κ1) is 19.9. The fraction of sp³-hybridized carbons (Fsp3) is 0.455. The molecule has 146 valence electrons. The molecule has 0 N–H and O–H groups in total. The Labute approximate surface area is 163 Å². The zero-order valence-corrected chi connectivity index (χ0v) is 17.6. The highest BCUT2D eigenvalue weighted by atomic mass is 32.2. The van der Waals surface area contributed by atoms with Crippen LogP contribution in [0.1, 0.15) is 38.8 Å². The zero-order chi connectivity index (χ0) is 19.7. The molecule has 0 aromatic heterocycles. The van der Waals surface area contributed by atoms with Gasteiger partial charge in [0.05, 0.1) is 4.90 Å². The molecule has 2 aromatic carbocycles. The van der Waals surface area contributed by atoms with Crippen LogP contribution in [0.3, 0.4) is 0 Å². The molecule has 2 aromatic rings. The van der Waals surface area contributed by atoms with Crippen LogP contribution in [0, 0.1) is 0 Å². The van der Waals surface area contributed by atoms with Gasteiger partial charge >= 0.3 is 0 Å². The molecule has 0 spiro atoms. The summed E-state index contributed by atoms with van der Waals surface area (Å²) in [6, 6.07) is 15.9. The van der Waals surface area contributed by atoms with E-state index in [0.29, 0.717) is 31.1 Å². The maximum atomic E-state index is 13.0. The number of anilines is 1. The Kier molecular flexibility index (Phi) is 5.63. The van der Waals surface area contributed by atoms with Crippen molar-refractivity contribution in [1.29, 1.82) is 0 Å². The van der Waals surface area contributed by atoms with Gasteiger partial charge < -0.3 is 4.90 Å². The number of nitrogens with zero attached hydrogens (tertiary/aromatic N) is 2. The van der Waals surface area contributed by atoms with Gasteiger partial charge in [-0.25, -0.2) is 8.42 Å². The van der Waals surface area contributed by atoms with Crippen molar-refractivity contribution in [3.63, 3.8) is 0 Å². The monoisotopic (exact) mass is 386 g/mol. The number of benzene rings is 2. The highest BCUT2D eigenvalue weighted by Gasteiger charge is 2.29. The molecule has 1 aliphatic rings. The van der Waals surface area contributed by atoms with E-state index in [4.69, 9.17) is 0 Å². The zero-order valence-electron chi connectivity index (χ0n) is 16.8. The topological polar surface area (TPSA) is 40.6 Å². The Bertz CT molecular complexity index is 858. The second-order valence-electron chi connectivity index (χ2n) is 8.19. The van der Waals surface area contributed by atoms with Gasteiger partial charge in [0.1, 0.15) is 0 Å². The summed E-state index contributed by atoms with van der Waals surface area (Å²) < 4.78 is 27.6. The molecule has 1 fully saturated rings. The molecule has 0 amide bonds. The Hall–Kier alpha value is -1.85. The van der Waals surface area contributed by atoms with Crippen LogP contribution >= 0.6 is 0 Å². The highest BCUT2D eigenvalue weighted by molar-refractivity contribution is 7.89. The number of aryl methyl sites for hydroxylation is 1. The van der Waals surface area contributed by atoms with E-state index in [-0.39, 0.29) is 5.41 Å². The minimum atomic E-state index is -3.43. The minimum Gasteiger partial charge on any atom is -0.369 e. The van der Waals surface area contributed by atoms with Crippen molar-refractivity contribution in [3.8, 4) is 0 Å². The maximum Gasteiger partial charge on any atom is 0.243 e. The van der Waals surface area contributed by atoms with Crippen molar-refractivity contribution in [3.05, 3.63) is 59.7 Å². The van der Waals surface area contributed by atoms with E-state index in [9.17, 15) is 8.42 Å². The van der Waals surface area contributed by atoms with Gasteiger partial charge in [-0.2, -0.15) is 4.31 Å². The van der Waals surface area contributed by atoms with Gasteiger partial charge in [-0.1, -0.05) is 52.0 Å². The molecule has 4 nitrogen and oxygen atoms in total. The van der Waals surface area contributed by atoms with E-state index in [1.54, 1.807) is 16.4 Å². The molecule has 0 unspecified atom stereocenters. The third-order valence-electron chi connectivity index (χ3n) is 5.31. The molecule has 1 saturated heterocycles. The maximum absolute atomic E-state index is 13.0. The second kappa shape index (κ2) is 7.64. The normalized spacial score (nSPS) is 16.5. The molecule has 0 bridgehead atoms. The van der Waals surface area contributed by atoms with Crippen LogP contribution in [0.15, 0.2) is 53.4 Å². The molecule has 0 radical (unpaired) electrons. The molecule has 0 atom stereocenters. The summed E-state index contributed by atoms with van der Waals surface area (Å²) in [5, 5.41) is 0. The van der Waals surface area contributed by atoms with E-state index in [2.05, 4.69) is 56.9 Å². The Balaban J connectivity index is 1.69. The number of hydrogen-bond donors (Lipinski definition) is 0. The van der Waals surface area contributed by atoms with Crippen molar-refractivity contribution >= 4 is 15.7 Å². The summed E-state index contributed by atoms with van der Waals surface area (Å²) in [6.45, 7) is 11.0. The van der Waals surface area contributed by atoms with Crippen LogP contribution in [-0.2, 0) is 21.9 Å². The predicted molar refractivity (Wildman–Crippen MR) is 112 cm³/mol.